The average molecular weight is 262 g/mol. The van der Waals surface area contributed by atoms with Crippen molar-refractivity contribution in [3.05, 3.63) is 18.0 Å². The van der Waals surface area contributed by atoms with Gasteiger partial charge in [-0.1, -0.05) is 25.7 Å². The zero-order chi connectivity index (χ0) is 13.1. The Labute approximate surface area is 115 Å². The minimum Gasteiger partial charge on any atom is -0.271 e. The van der Waals surface area contributed by atoms with Crippen LogP contribution in [0, 0.1) is 5.92 Å². The molecule has 0 amide bonds. The number of aromatic nitrogens is 2. The SMILES string of the molecule is NNC(Cc1ccn(C2CCCCC2)n1)C1CCC1. The van der Waals surface area contributed by atoms with Gasteiger partial charge in [0, 0.05) is 18.7 Å². The molecule has 0 aliphatic heterocycles. The molecule has 4 nitrogen and oxygen atoms in total. The maximum atomic E-state index is 5.70. The van der Waals surface area contributed by atoms with Crippen LogP contribution < -0.4 is 11.3 Å². The zero-order valence-corrected chi connectivity index (χ0v) is 11.7. The summed E-state index contributed by atoms with van der Waals surface area (Å²) < 4.78 is 2.20. The van der Waals surface area contributed by atoms with E-state index >= 15 is 0 Å². The van der Waals surface area contributed by atoms with Crippen molar-refractivity contribution in [2.24, 2.45) is 11.8 Å². The lowest BCUT2D eigenvalue weighted by Gasteiger charge is -2.32. The highest BCUT2D eigenvalue weighted by atomic mass is 15.3. The monoisotopic (exact) mass is 262 g/mol. The van der Waals surface area contributed by atoms with E-state index in [1.807, 2.05) is 0 Å². The summed E-state index contributed by atoms with van der Waals surface area (Å²) in [6, 6.07) is 3.22. The number of hydrogen-bond donors (Lipinski definition) is 2. The van der Waals surface area contributed by atoms with Crippen molar-refractivity contribution >= 4 is 0 Å². The van der Waals surface area contributed by atoms with Crippen LogP contribution >= 0.6 is 0 Å². The molecule has 0 bridgehead atoms. The summed E-state index contributed by atoms with van der Waals surface area (Å²) in [5.74, 6) is 6.45. The number of hydrogen-bond acceptors (Lipinski definition) is 3. The second kappa shape index (κ2) is 6.06. The van der Waals surface area contributed by atoms with E-state index in [-0.39, 0.29) is 0 Å². The predicted molar refractivity (Wildman–Crippen MR) is 76.5 cm³/mol. The second-order valence-corrected chi connectivity index (χ2v) is 6.25. The maximum Gasteiger partial charge on any atom is 0.0640 e. The Morgan fingerprint density at radius 3 is 2.63 bits per heavy atom. The van der Waals surface area contributed by atoms with Crippen molar-refractivity contribution in [3.8, 4) is 0 Å². The fraction of sp³-hybridized carbons (Fsp3) is 0.800. The summed E-state index contributed by atoms with van der Waals surface area (Å²) in [5, 5.41) is 4.78. The van der Waals surface area contributed by atoms with Gasteiger partial charge in [-0.05, 0) is 37.7 Å². The van der Waals surface area contributed by atoms with E-state index in [1.165, 1.54) is 57.1 Å². The Hall–Kier alpha value is -0.870. The van der Waals surface area contributed by atoms with Gasteiger partial charge >= 0.3 is 0 Å². The molecule has 0 spiro atoms. The lowest BCUT2D eigenvalue weighted by atomic mass is 9.78. The van der Waals surface area contributed by atoms with Crippen molar-refractivity contribution in [2.45, 2.75) is 69.9 Å². The molecule has 0 radical (unpaired) electrons. The highest BCUT2D eigenvalue weighted by Crippen LogP contribution is 2.31. The van der Waals surface area contributed by atoms with E-state index in [0.717, 1.165) is 12.3 Å². The summed E-state index contributed by atoms with van der Waals surface area (Å²) in [6.07, 6.45) is 13.8. The number of nitrogens with two attached hydrogens (primary N) is 1. The van der Waals surface area contributed by atoms with E-state index in [1.54, 1.807) is 0 Å². The second-order valence-electron chi connectivity index (χ2n) is 6.25. The van der Waals surface area contributed by atoms with Crippen LogP contribution in [0.25, 0.3) is 0 Å². The van der Waals surface area contributed by atoms with Crippen LogP contribution in [0.3, 0.4) is 0 Å². The van der Waals surface area contributed by atoms with Crippen LogP contribution in [-0.2, 0) is 6.42 Å². The van der Waals surface area contributed by atoms with Gasteiger partial charge < -0.3 is 0 Å². The Morgan fingerprint density at radius 2 is 2.00 bits per heavy atom. The van der Waals surface area contributed by atoms with Crippen LogP contribution in [0.15, 0.2) is 12.3 Å². The average Bonchev–Trinajstić information content (AvgIpc) is 2.85. The molecule has 0 aromatic carbocycles. The summed E-state index contributed by atoms with van der Waals surface area (Å²) in [4.78, 5) is 0. The largest absolute Gasteiger partial charge is 0.271 e. The minimum atomic E-state index is 0.406. The lowest BCUT2D eigenvalue weighted by Crippen LogP contribution is -2.45. The first kappa shape index (κ1) is 13.1. The molecule has 19 heavy (non-hydrogen) atoms. The smallest absolute Gasteiger partial charge is 0.0640 e. The molecule has 1 atom stereocenters. The van der Waals surface area contributed by atoms with Crippen molar-refractivity contribution in [3.63, 3.8) is 0 Å². The molecule has 106 valence electrons. The number of hydrazine groups is 1. The molecule has 2 aliphatic rings. The molecule has 3 N–H and O–H groups in total. The molecular formula is C15H26N4. The van der Waals surface area contributed by atoms with Gasteiger partial charge in [0.05, 0.1) is 11.7 Å². The fourth-order valence-corrected chi connectivity index (χ4v) is 3.46. The van der Waals surface area contributed by atoms with Crippen molar-refractivity contribution in [2.75, 3.05) is 0 Å². The first-order valence-corrected chi connectivity index (χ1v) is 7.87. The highest BCUT2D eigenvalue weighted by Gasteiger charge is 2.27. The third-order valence-corrected chi connectivity index (χ3v) is 4.97. The van der Waals surface area contributed by atoms with E-state index in [9.17, 15) is 0 Å². The number of nitrogens with zero attached hydrogens (tertiary/aromatic N) is 2. The molecule has 4 heteroatoms. The third-order valence-electron chi connectivity index (χ3n) is 4.97. The molecule has 1 aromatic rings. The normalized spacial score (nSPS) is 23.2. The van der Waals surface area contributed by atoms with Gasteiger partial charge in [-0.15, -0.1) is 0 Å². The molecule has 2 aliphatic carbocycles. The van der Waals surface area contributed by atoms with E-state index in [2.05, 4.69) is 22.4 Å². The van der Waals surface area contributed by atoms with Crippen molar-refractivity contribution < 1.29 is 0 Å². The third kappa shape index (κ3) is 3.00. The van der Waals surface area contributed by atoms with Gasteiger partial charge in [0.25, 0.3) is 0 Å². The standard InChI is InChI=1S/C15H26N4/c16-17-15(12-5-4-6-12)11-13-9-10-19(18-13)14-7-2-1-3-8-14/h9-10,12,14-15,17H,1-8,11,16H2. The number of nitrogens with one attached hydrogen (secondary N) is 1. The van der Waals surface area contributed by atoms with Gasteiger partial charge in [0.1, 0.15) is 0 Å². The Kier molecular flexibility index (Phi) is 4.18. The molecule has 2 fully saturated rings. The first-order valence-electron chi connectivity index (χ1n) is 7.87. The van der Waals surface area contributed by atoms with E-state index in [0.29, 0.717) is 12.1 Å². The van der Waals surface area contributed by atoms with E-state index < -0.39 is 0 Å². The fourth-order valence-electron chi connectivity index (χ4n) is 3.46. The molecule has 3 rings (SSSR count). The van der Waals surface area contributed by atoms with E-state index in [4.69, 9.17) is 10.9 Å². The first-order chi connectivity index (χ1) is 9.36. The van der Waals surface area contributed by atoms with Crippen LogP contribution in [0.4, 0.5) is 0 Å². The zero-order valence-electron chi connectivity index (χ0n) is 11.7. The molecule has 1 unspecified atom stereocenters. The van der Waals surface area contributed by atoms with Gasteiger partial charge in [0.2, 0.25) is 0 Å². The Balaban J connectivity index is 1.60. The number of rotatable bonds is 5. The Morgan fingerprint density at radius 1 is 1.21 bits per heavy atom. The summed E-state index contributed by atoms with van der Waals surface area (Å²) >= 11 is 0. The minimum absolute atomic E-state index is 0.406. The van der Waals surface area contributed by atoms with Crippen LogP contribution in [0.2, 0.25) is 0 Å². The van der Waals surface area contributed by atoms with Crippen LogP contribution in [-0.4, -0.2) is 15.8 Å². The quantitative estimate of drug-likeness (QED) is 0.633. The topological polar surface area (TPSA) is 55.9 Å². The van der Waals surface area contributed by atoms with Gasteiger partial charge in [-0.2, -0.15) is 5.10 Å². The summed E-state index contributed by atoms with van der Waals surface area (Å²) in [6.45, 7) is 0. The Bertz CT molecular complexity index is 391. The predicted octanol–water partition coefficient (Wildman–Crippen LogP) is 2.56. The van der Waals surface area contributed by atoms with Gasteiger partial charge in [-0.3, -0.25) is 16.0 Å². The highest BCUT2D eigenvalue weighted by molar-refractivity contribution is 5.04. The van der Waals surface area contributed by atoms with Crippen molar-refractivity contribution in [1.29, 1.82) is 0 Å². The van der Waals surface area contributed by atoms with Gasteiger partial charge in [0.15, 0.2) is 0 Å². The van der Waals surface area contributed by atoms with Crippen LogP contribution in [0.5, 0.6) is 0 Å². The lowest BCUT2D eigenvalue weighted by molar-refractivity contribution is 0.227. The molecule has 1 heterocycles. The molecule has 2 saturated carbocycles. The summed E-state index contributed by atoms with van der Waals surface area (Å²) in [5.41, 5.74) is 4.19. The molecule has 1 aromatic heterocycles. The van der Waals surface area contributed by atoms with Gasteiger partial charge in [-0.25, -0.2) is 0 Å². The molecular weight excluding hydrogens is 236 g/mol. The summed E-state index contributed by atoms with van der Waals surface area (Å²) in [7, 11) is 0. The van der Waals surface area contributed by atoms with Crippen molar-refractivity contribution in [1.82, 2.24) is 15.2 Å². The maximum absolute atomic E-state index is 5.70. The van der Waals surface area contributed by atoms with Crippen LogP contribution in [0.1, 0.15) is 63.1 Å². The molecule has 0 saturated heterocycles.